The molecule has 4 N–H and O–H groups in total. The van der Waals surface area contributed by atoms with Gasteiger partial charge in [-0.25, -0.2) is 4.98 Å². The molecule has 8 heteroatoms. The minimum Gasteiger partial charge on any atom is -0.481 e. The van der Waals surface area contributed by atoms with Crippen LogP contribution in [0.5, 0.6) is 0 Å². The highest BCUT2D eigenvalue weighted by molar-refractivity contribution is 5.85. The van der Waals surface area contributed by atoms with Crippen molar-refractivity contribution in [2.75, 3.05) is 6.61 Å². The van der Waals surface area contributed by atoms with Gasteiger partial charge in [0.25, 0.3) is 0 Å². The van der Waals surface area contributed by atoms with Gasteiger partial charge in [-0.2, -0.15) is 0 Å². The second-order valence-corrected chi connectivity index (χ2v) is 8.06. The number of rotatable bonds is 10. The number of aliphatic hydroxyl groups excluding tert-OH is 1. The highest BCUT2D eigenvalue weighted by Gasteiger charge is 2.26. The molecule has 0 saturated heterocycles. The maximum Gasteiger partial charge on any atom is 0.306 e. The van der Waals surface area contributed by atoms with Crippen LogP contribution < -0.4 is 5.32 Å². The average molecular weight is 459 g/mol. The topological polar surface area (TPSA) is 120 Å². The van der Waals surface area contributed by atoms with Crippen LogP contribution in [0.2, 0.25) is 0 Å². The minimum atomic E-state index is -1.09. The summed E-state index contributed by atoms with van der Waals surface area (Å²) in [6.07, 6.45) is 6.63. The Morgan fingerprint density at radius 1 is 0.971 bits per heavy atom. The molecule has 2 atom stereocenters. The highest BCUT2D eigenvalue weighted by Crippen LogP contribution is 2.26. The summed E-state index contributed by atoms with van der Waals surface area (Å²) < 4.78 is 1.60. The normalized spacial score (nSPS) is 12.7. The maximum absolute atomic E-state index is 13.0. The lowest BCUT2D eigenvalue weighted by molar-refractivity contribution is -0.140. The first-order chi connectivity index (χ1) is 16.5. The number of aliphatic carboxylic acids is 1. The molecule has 0 spiro atoms. The number of hydrogen-bond acceptors (Lipinski definition) is 4. The van der Waals surface area contributed by atoms with Crippen molar-refractivity contribution in [1.82, 2.24) is 19.9 Å². The SMILES string of the molecule is O=C(O)CC(C(=O)NC(CO)Cc1c[nH]cn1)n1ccc(-c2ccc(-c3ccccc3)cc2)c1. The van der Waals surface area contributed by atoms with Gasteiger partial charge in [-0.15, -0.1) is 0 Å². The molecule has 2 aromatic carbocycles. The smallest absolute Gasteiger partial charge is 0.306 e. The van der Waals surface area contributed by atoms with Crippen LogP contribution in [0.1, 0.15) is 18.2 Å². The van der Waals surface area contributed by atoms with Crippen molar-refractivity contribution in [2.45, 2.75) is 24.9 Å². The molecule has 4 rings (SSSR count). The van der Waals surface area contributed by atoms with Crippen molar-refractivity contribution in [1.29, 1.82) is 0 Å². The standard InChI is InChI=1S/C26H26N4O4/c31-16-23(12-22-14-27-17-28-22)29-26(34)24(13-25(32)33)30-11-10-21(15-30)20-8-6-19(7-9-20)18-4-2-1-3-5-18/h1-11,14-15,17,23-24,31H,12-13,16H2,(H,27,28)(H,29,34)(H,32,33). The molecule has 2 heterocycles. The summed E-state index contributed by atoms with van der Waals surface area (Å²) in [4.78, 5) is 31.4. The van der Waals surface area contributed by atoms with E-state index in [-0.39, 0.29) is 13.0 Å². The molecule has 4 aromatic rings. The number of carbonyl (C=O) groups excluding carboxylic acids is 1. The van der Waals surface area contributed by atoms with Crippen molar-refractivity contribution in [3.63, 3.8) is 0 Å². The maximum atomic E-state index is 13.0. The zero-order chi connectivity index (χ0) is 23.9. The number of carbonyl (C=O) groups is 2. The van der Waals surface area contributed by atoms with Crippen molar-refractivity contribution in [2.24, 2.45) is 0 Å². The van der Waals surface area contributed by atoms with Gasteiger partial charge >= 0.3 is 5.97 Å². The predicted molar refractivity (Wildman–Crippen MR) is 128 cm³/mol. The molecule has 0 saturated carbocycles. The minimum absolute atomic E-state index is 0.289. The van der Waals surface area contributed by atoms with Crippen LogP contribution in [0.15, 0.2) is 85.6 Å². The number of H-pyrrole nitrogens is 1. The Morgan fingerprint density at radius 2 is 1.65 bits per heavy atom. The first-order valence-corrected chi connectivity index (χ1v) is 11.0. The average Bonchev–Trinajstić information content (AvgIpc) is 3.55. The molecule has 0 aliphatic rings. The first kappa shape index (κ1) is 23.0. The molecule has 0 aliphatic heterocycles. The number of hydrogen-bond donors (Lipinski definition) is 4. The fourth-order valence-electron chi connectivity index (χ4n) is 3.88. The Bertz CT molecular complexity index is 1220. The van der Waals surface area contributed by atoms with Crippen LogP contribution in [0.25, 0.3) is 22.3 Å². The number of imidazole rings is 1. The summed E-state index contributed by atoms with van der Waals surface area (Å²) in [5.74, 6) is -1.56. The summed E-state index contributed by atoms with van der Waals surface area (Å²) >= 11 is 0. The van der Waals surface area contributed by atoms with E-state index >= 15 is 0 Å². The van der Waals surface area contributed by atoms with Crippen molar-refractivity contribution >= 4 is 11.9 Å². The van der Waals surface area contributed by atoms with Gasteiger partial charge < -0.3 is 25.1 Å². The van der Waals surface area contributed by atoms with Crippen LogP contribution in [0.4, 0.5) is 0 Å². The van der Waals surface area contributed by atoms with E-state index in [9.17, 15) is 19.8 Å². The largest absolute Gasteiger partial charge is 0.481 e. The van der Waals surface area contributed by atoms with Crippen LogP contribution in [0, 0.1) is 0 Å². The van der Waals surface area contributed by atoms with Crippen molar-refractivity contribution < 1.29 is 19.8 Å². The van der Waals surface area contributed by atoms with E-state index in [2.05, 4.69) is 15.3 Å². The summed E-state index contributed by atoms with van der Waals surface area (Å²) in [6.45, 7) is -0.289. The van der Waals surface area contributed by atoms with Crippen molar-refractivity contribution in [3.8, 4) is 22.3 Å². The Morgan fingerprint density at radius 3 is 2.26 bits per heavy atom. The molecule has 0 aliphatic carbocycles. The van der Waals surface area contributed by atoms with Crippen LogP contribution in [0.3, 0.4) is 0 Å². The third kappa shape index (κ3) is 5.60. The number of aromatic nitrogens is 3. The quantitative estimate of drug-likeness (QED) is 0.291. The lowest BCUT2D eigenvalue weighted by Crippen LogP contribution is -2.43. The van der Waals surface area contributed by atoms with Crippen molar-refractivity contribution in [3.05, 3.63) is 91.3 Å². The van der Waals surface area contributed by atoms with E-state index in [4.69, 9.17) is 0 Å². The summed E-state index contributed by atoms with van der Waals surface area (Å²) in [7, 11) is 0. The second kappa shape index (κ2) is 10.6. The molecule has 34 heavy (non-hydrogen) atoms. The molecule has 174 valence electrons. The summed E-state index contributed by atoms with van der Waals surface area (Å²) in [5.41, 5.74) is 4.74. The molecule has 0 bridgehead atoms. The number of carboxylic acid groups (broad SMARTS) is 1. The molecule has 1 amide bonds. The van der Waals surface area contributed by atoms with E-state index in [1.54, 1.807) is 23.2 Å². The van der Waals surface area contributed by atoms with Gasteiger partial charge in [0.05, 0.1) is 31.1 Å². The van der Waals surface area contributed by atoms with E-state index < -0.39 is 24.0 Å². The van der Waals surface area contributed by atoms with Gasteiger partial charge in [0, 0.05) is 25.0 Å². The Hall–Kier alpha value is -4.17. The number of nitrogens with zero attached hydrogens (tertiary/aromatic N) is 2. The van der Waals surface area contributed by atoms with Crippen LogP contribution in [-0.2, 0) is 16.0 Å². The van der Waals surface area contributed by atoms with Gasteiger partial charge in [-0.3, -0.25) is 9.59 Å². The fraction of sp³-hybridized carbons (Fsp3) is 0.192. The van der Waals surface area contributed by atoms with Gasteiger partial charge in [-0.05, 0) is 28.3 Å². The third-order valence-corrected chi connectivity index (χ3v) is 5.65. The summed E-state index contributed by atoms with van der Waals surface area (Å²) in [5, 5.41) is 21.8. The Kier molecular flexibility index (Phi) is 7.19. The molecular formula is C26H26N4O4. The fourth-order valence-corrected chi connectivity index (χ4v) is 3.88. The van der Waals surface area contributed by atoms with Gasteiger partial charge in [-0.1, -0.05) is 54.6 Å². The lowest BCUT2D eigenvalue weighted by atomic mass is 10.0. The molecule has 2 unspecified atom stereocenters. The van der Waals surface area contributed by atoms with E-state index in [1.165, 1.54) is 6.33 Å². The molecule has 0 fully saturated rings. The van der Waals surface area contributed by atoms with Gasteiger partial charge in [0.2, 0.25) is 5.91 Å². The first-order valence-electron chi connectivity index (χ1n) is 11.0. The number of nitrogens with one attached hydrogen (secondary N) is 2. The zero-order valence-electron chi connectivity index (χ0n) is 18.5. The Balaban J connectivity index is 1.50. The van der Waals surface area contributed by atoms with Gasteiger partial charge in [0.1, 0.15) is 6.04 Å². The molecule has 0 radical (unpaired) electrons. The zero-order valence-corrected chi connectivity index (χ0v) is 18.5. The van der Waals surface area contributed by atoms with E-state index in [0.29, 0.717) is 12.1 Å². The number of aromatic amines is 1. The molecule has 8 nitrogen and oxygen atoms in total. The number of aliphatic hydroxyl groups is 1. The predicted octanol–water partition coefficient (Wildman–Crippen LogP) is 3.28. The number of amides is 1. The highest BCUT2D eigenvalue weighted by atomic mass is 16.4. The Labute approximate surface area is 196 Å². The number of carboxylic acids is 1. The number of benzene rings is 2. The summed E-state index contributed by atoms with van der Waals surface area (Å²) in [6, 6.07) is 18.4. The van der Waals surface area contributed by atoms with Crippen LogP contribution in [-0.4, -0.2) is 49.3 Å². The van der Waals surface area contributed by atoms with Crippen LogP contribution >= 0.6 is 0 Å². The van der Waals surface area contributed by atoms with E-state index in [0.717, 1.165) is 22.3 Å². The molecular weight excluding hydrogens is 432 g/mol. The molecule has 2 aromatic heterocycles. The third-order valence-electron chi connectivity index (χ3n) is 5.65. The lowest BCUT2D eigenvalue weighted by Gasteiger charge is -2.21. The monoisotopic (exact) mass is 458 g/mol. The second-order valence-electron chi connectivity index (χ2n) is 8.06. The van der Waals surface area contributed by atoms with E-state index in [1.807, 2.05) is 60.7 Å². The van der Waals surface area contributed by atoms with Gasteiger partial charge in [0.15, 0.2) is 0 Å².